The summed E-state index contributed by atoms with van der Waals surface area (Å²) < 4.78 is 16.6. The fourth-order valence-electron chi connectivity index (χ4n) is 3.26. The fourth-order valence-corrected chi connectivity index (χ4v) is 3.26. The molecule has 1 aromatic carbocycles. The molecule has 1 amide bonds. The van der Waals surface area contributed by atoms with Gasteiger partial charge in [0.05, 0.1) is 0 Å². The Morgan fingerprint density at radius 3 is 2.96 bits per heavy atom. The normalized spacial score (nSPS) is 22.4. The average molecular weight is 343 g/mol. The maximum absolute atomic E-state index is 12.7. The van der Waals surface area contributed by atoms with Gasteiger partial charge >= 0.3 is 0 Å². The van der Waals surface area contributed by atoms with E-state index in [0.29, 0.717) is 42.1 Å². The molecule has 0 spiro atoms. The molecule has 2 N–H and O–H groups in total. The Balaban J connectivity index is 1.57. The second kappa shape index (κ2) is 6.76. The van der Waals surface area contributed by atoms with E-state index in [0.717, 1.165) is 25.1 Å². The van der Waals surface area contributed by atoms with Crippen LogP contribution in [0.4, 0.5) is 0 Å². The SMILES string of the molecule is CC1CNCCC1NC(=O)c1ncoc1-c1ccc2c(c1)OCCO2. The van der Waals surface area contributed by atoms with E-state index in [1.807, 2.05) is 18.2 Å². The second-order valence-electron chi connectivity index (χ2n) is 6.44. The Morgan fingerprint density at radius 1 is 1.28 bits per heavy atom. The van der Waals surface area contributed by atoms with Crippen LogP contribution in [0.5, 0.6) is 11.5 Å². The summed E-state index contributed by atoms with van der Waals surface area (Å²) in [5, 5.41) is 6.41. The molecule has 7 nitrogen and oxygen atoms in total. The maximum Gasteiger partial charge on any atom is 0.274 e. The number of hydrogen-bond donors (Lipinski definition) is 2. The summed E-state index contributed by atoms with van der Waals surface area (Å²) in [4.78, 5) is 16.8. The number of benzene rings is 1. The first-order chi connectivity index (χ1) is 12.2. The molecular weight excluding hydrogens is 322 g/mol. The van der Waals surface area contributed by atoms with Crippen LogP contribution in [-0.4, -0.2) is 43.2 Å². The zero-order chi connectivity index (χ0) is 17.2. The van der Waals surface area contributed by atoms with Crippen molar-refractivity contribution in [1.29, 1.82) is 0 Å². The number of ether oxygens (including phenoxy) is 2. The molecule has 3 heterocycles. The van der Waals surface area contributed by atoms with E-state index in [-0.39, 0.29) is 11.9 Å². The molecular formula is C18H21N3O4. The number of carbonyl (C=O) groups excluding carboxylic acids is 1. The third-order valence-electron chi connectivity index (χ3n) is 4.69. The minimum Gasteiger partial charge on any atom is -0.486 e. The predicted molar refractivity (Wildman–Crippen MR) is 90.8 cm³/mol. The quantitative estimate of drug-likeness (QED) is 0.884. The predicted octanol–water partition coefficient (Wildman–Crippen LogP) is 1.84. The molecule has 2 atom stereocenters. The van der Waals surface area contributed by atoms with Crippen molar-refractivity contribution in [2.45, 2.75) is 19.4 Å². The summed E-state index contributed by atoms with van der Waals surface area (Å²) in [6, 6.07) is 5.62. The fraction of sp³-hybridized carbons (Fsp3) is 0.444. The van der Waals surface area contributed by atoms with Gasteiger partial charge < -0.3 is 24.5 Å². The first-order valence-electron chi connectivity index (χ1n) is 8.57. The lowest BCUT2D eigenvalue weighted by Crippen LogP contribution is -2.48. The molecule has 2 aliphatic rings. The summed E-state index contributed by atoms with van der Waals surface area (Å²) in [5.74, 6) is 1.96. The lowest BCUT2D eigenvalue weighted by atomic mass is 9.95. The highest BCUT2D eigenvalue weighted by molar-refractivity contribution is 5.97. The monoisotopic (exact) mass is 343 g/mol. The summed E-state index contributed by atoms with van der Waals surface area (Å²) in [7, 11) is 0. The Morgan fingerprint density at radius 2 is 2.12 bits per heavy atom. The number of oxazole rings is 1. The second-order valence-corrected chi connectivity index (χ2v) is 6.44. The van der Waals surface area contributed by atoms with Crippen LogP contribution in [0.3, 0.4) is 0 Å². The molecule has 7 heteroatoms. The molecule has 4 rings (SSSR count). The lowest BCUT2D eigenvalue weighted by molar-refractivity contribution is 0.0910. The van der Waals surface area contributed by atoms with Crippen molar-refractivity contribution >= 4 is 5.91 Å². The van der Waals surface area contributed by atoms with E-state index in [2.05, 4.69) is 22.5 Å². The summed E-state index contributed by atoms with van der Waals surface area (Å²) in [6.07, 6.45) is 2.21. The van der Waals surface area contributed by atoms with Gasteiger partial charge in [-0.1, -0.05) is 6.92 Å². The summed E-state index contributed by atoms with van der Waals surface area (Å²) in [6.45, 7) is 4.98. The van der Waals surface area contributed by atoms with E-state index >= 15 is 0 Å². The van der Waals surface area contributed by atoms with Crippen LogP contribution in [0, 0.1) is 5.92 Å². The van der Waals surface area contributed by atoms with Gasteiger partial charge in [0.15, 0.2) is 29.3 Å². The van der Waals surface area contributed by atoms with Crippen molar-refractivity contribution in [2.75, 3.05) is 26.3 Å². The summed E-state index contributed by atoms with van der Waals surface area (Å²) in [5.41, 5.74) is 1.03. The molecule has 2 aromatic rings. The Bertz CT molecular complexity index is 773. The molecule has 0 bridgehead atoms. The number of carbonyl (C=O) groups is 1. The topological polar surface area (TPSA) is 85.6 Å². The Kier molecular flexibility index (Phi) is 4.31. The first-order valence-corrected chi connectivity index (χ1v) is 8.57. The van der Waals surface area contributed by atoms with Crippen molar-refractivity contribution in [1.82, 2.24) is 15.6 Å². The van der Waals surface area contributed by atoms with Crippen molar-refractivity contribution < 1.29 is 18.7 Å². The third-order valence-corrected chi connectivity index (χ3v) is 4.69. The van der Waals surface area contributed by atoms with Crippen molar-refractivity contribution in [3.05, 3.63) is 30.3 Å². The van der Waals surface area contributed by atoms with Gasteiger partial charge in [0.2, 0.25) is 0 Å². The maximum atomic E-state index is 12.7. The largest absolute Gasteiger partial charge is 0.486 e. The summed E-state index contributed by atoms with van der Waals surface area (Å²) >= 11 is 0. The number of nitrogens with one attached hydrogen (secondary N) is 2. The average Bonchev–Trinajstić information content (AvgIpc) is 3.13. The van der Waals surface area contributed by atoms with Crippen LogP contribution in [0.1, 0.15) is 23.8 Å². The van der Waals surface area contributed by atoms with Crippen molar-refractivity contribution in [3.63, 3.8) is 0 Å². The highest BCUT2D eigenvalue weighted by Gasteiger charge is 2.26. The molecule has 0 saturated carbocycles. The highest BCUT2D eigenvalue weighted by Crippen LogP contribution is 2.35. The van der Waals surface area contributed by atoms with Crippen LogP contribution in [-0.2, 0) is 0 Å². The Labute approximate surface area is 145 Å². The number of nitrogens with zero attached hydrogens (tertiary/aromatic N) is 1. The number of fused-ring (bicyclic) bond motifs is 1. The number of amides is 1. The molecule has 2 unspecified atom stereocenters. The molecule has 0 radical (unpaired) electrons. The zero-order valence-electron chi connectivity index (χ0n) is 14.1. The van der Waals surface area contributed by atoms with Gasteiger partial charge in [0.1, 0.15) is 13.2 Å². The van der Waals surface area contributed by atoms with Gasteiger partial charge in [-0.2, -0.15) is 0 Å². The van der Waals surface area contributed by atoms with E-state index < -0.39 is 0 Å². The first kappa shape index (κ1) is 16.0. The Hall–Kier alpha value is -2.54. The van der Waals surface area contributed by atoms with Crippen LogP contribution >= 0.6 is 0 Å². The van der Waals surface area contributed by atoms with E-state index in [1.165, 1.54) is 6.39 Å². The highest BCUT2D eigenvalue weighted by atomic mass is 16.6. The number of hydrogen-bond acceptors (Lipinski definition) is 6. The van der Waals surface area contributed by atoms with Gasteiger partial charge in [-0.3, -0.25) is 4.79 Å². The van der Waals surface area contributed by atoms with Gasteiger partial charge in [-0.15, -0.1) is 0 Å². The minimum absolute atomic E-state index is 0.138. The third kappa shape index (κ3) is 3.19. The number of piperidine rings is 1. The van der Waals surface area contributed by atoms with Crippen LogP contribution in [0.25, 0.3) is 11.3 Å². The zero-order valence-corrected chi connectivity index (χ0v) is 14.1. The molecule has 1 fully saturated rings. The van der Waals surface area contributed by atoms with Crippen molar-refractivity contribution in [3.8, 4) is 22.8 Å². The number of aromatic nitrogens is 1. The minimum atomic E-state index is -0.211. The van der Waals surface area contributed by atoms with Gasteiger partial charge in [-0.05, 0) is 43.6 Å². The molecule has 132 valence electrons. The van der Waals surface area contributed by atoms with Crippen LogP contribution in [0.2, 0.25) is 0 Å². The molecule has 2 aliphatic heterocycles. The van der Waals surface area contributed by atoms with Gasteiger partial charge in [0, 0.05) is 11.6 Å². The molecule has 1 aromatic heterocycles. The van der Waals surface area contributed by atoms with E-state index in [9.17, 15) is 4.79 Å². The van der Waals surface area contributed by atoms with Crippen molar-refractivity contribution in [2.24, 2.45) is 5.92 Å². The lowest BCUT2D eigenvalue weighted by Gasteiger charge is -2.30. The molecule has 1 saturated heterocycles. The van der Waals surface area contributed by atoms with Gasteiger partial charge in [-0.25, -0.2) is 4.98 Å². The van der Waals surface area contributed by atoms with Crippen LogP contribution < -0.4 is 20.1 Å². The molecule has 25 heavy (non-hydrogen) atoms. The smallest absolute Gasteiger partial charge is 0.274 e. The van der Waals surface area contributed by atoms with E-state index in [1.54, 1.807) is 0 Å². The van der Waals surface area contributed by atoms with E-state index in [4.69, 9.17) is 13.9 Å². The van der Waals surface area contributed by atoms with Gasteiger partial charge in [0.25, 0.3) is 5.91 Å². The van der Waals surface area contributed by atoms with Crippen LogP contribution in [0.15, 0.2) is 29.0 Å². The standard InChI is InChI=1S/C18H21N3O4/c1-11-9-19-5-4-13(11)21-18(22)16-17(25-10-20-16)12-2-3-14-15(8-12)24-7-6-23-14/h2-3,8,10-11,13,19H,4-7,9H2,1H3,(H,21,22). The number of rotatable bonds is 3. The molecule has 0 aliphatic carbocycles.